The Kier molecular flexibility index (Phi) is 3.80. The molecule has 3 rings (SSSR count). The first kappa shape index (κ1) is 14.8. The molecule has 1 aliphatic heterocycles. The minimum atomic E-state index is -0.479. The lowest BCUT2D eigenvalue weighted by Gasteiger charge is -2.15. The van der Waals surface area contributed by atoms with Crippen LogP contribution in [0.1, 0.15) is 26.3 Å². The summed E-state index contributed by atoms with van der Waals surface area (Å²) < 4.78 is 0. The Labute approximate surface area is 133 Å². The number of carbonyl (C=O) groups excluding carboxylic acids is 3. The molecule has 116 valence electrons. The molecule has 0 atom stereocenters. The largest absolute Gasteiger partial charge is 0.320 e. The fraction of sp³-hybridized carbons (Fsp3) is 0.118. The third kappa shape index (κ3) is 2.91. The Hall–Kier alpha value is -3.15. The number of urea groups is 1. The van der Waals surface area contributed by atoms with Crippen LogP contribution in [0.2, 0.25) is 0 Å². The van der Waals surface area contributed by atoms with E-state index in [4.69, 9.17) is 0 Å². The van der Waals surface area contributed by atoms with Gasteiger partial charge in [-0.25, -0.2) is 4.79 Å². The van der Waals surface area contributed by atoms with Crippen molar-refractivity contribution < 1.29 is 14.4 Å². The summed E-state index contributed by atoms with van der Waals surface area (Å²) in [5.74, 6) is -0.803. The number of carbonyl (C=O) groups is 3. The van der Waals surface area contributed by atoms with Gasteiger partial charge in [-0.2, -0.15) is 0 Å². The van der Waals surface area contributed by atoms with Gasteiger partial charge in [0.15, 0.2) is 0 Å². The predicted octanol–water partition coefficient (Wildman–Crippen LogP) is 2.37. The molecule has 0 saturated carbocycles. The molecule has 23 heavy (non-hydrogen) atoms. The lowest BCUT2D eigenvalue weighted by Crippen LogP contribution is -2.42. The normalized spacial score (nSPS) is 13.0. The lowest BCUT2D eigenvalue weighted by atomic mass is 10.1. The summed E-state index contributed by atoms with van der Waals surface area (Å²) in [7, 11) is 0. The van der Waals surface area contributed by atoms with Gasteiger partial charge in [0.05, 0.1) is 11.1 Å². The molecule has 4 amide bonds. The topological polar surface area (TPSA) is 78.5 Å². The number of anilines is 1. The molecule has 2 N–H and O–H groups in total. The molecule has 2 aromatic rings. The van der Waals surface area contributed by atoms with Crippen molar-refractivity contribution in [3.05, 3.63) is 65.2 Å². The fourth-order valence-corrected chi connectivity index (χ4v) is 2.43. The quantitative estimate of drug-likeness (QED) is 0.854. The first-order valence-electron chi connectivity index (χ1n) is 7.13. The van der Waals surface area contributed by atoms with Gasteiger partial charge < -0.3 is 10.6 Å². The zero-order valence-electron chi connectivity index (χ0n) is 12.5. The second-order valence-electron chi connectivity index (χ2n) is 5.24. The fourth-order valence-electron chi connectivity index (χ4n) is 2.43. The summed E-state index contributed by atoms with van der Waals surface area (Å²) in [6, 6.07) is 13.4. The van der Waals surface area contributed by atoms with E-state index in [1.165, 1.54) is 0 Å². The SMILES string of the molecule is Cc1cccc(NC(=O)NCN2C(=O)c3ccccc3C2=O)c1. The zero-order valence-corrected chi connectivity index (χ0v) is 12.5. The van der Waals surface area contributed by atoms with E-state index >= 15 is 0 Å². The van der Waals surface area contributed by atoms with Crippen molar-refractivity contribution in [3.63, 3.8) is 0 Å². The van der Waals surface area contributed by atoms with Gasteiger partial charge in [0.1, 0.15) is 6.67 Å². The van der Waals surface area contributed by atoms with Crippen molar-refractivity contribution in [1.82, 2.24) is 10.2 Å². The van der Waals surface area contributed by atoms with Crippen LogP contribution >= 0.6 is 0 Å². The lowest BCUT2D eigenvalue weighted by molar-refractivity contribution is 0.0648. The van der Waals surface area contributed by atoms with Crippen LogP contribution in [0.3, 0.4) is 0 Å². The van der Waals surface area contributed by atoms with E-state index in [9.17, 15) is 14.4 Å². The highest BCUT2D eigenvalue weighted by Gasteiger charge is 2.34. The summed E-state index contributed by atoms with van der Waals surface area (Å²) in [5.41, 5.74) is 2.38. The third-order valence-corrected chi connectivity index (χ3v) is 3.55. The molecule has 0 aromatic heterocycles. The zero-order chi connectivity index (χ0) is 16.4. The molecule has 0 bridgehead atoms. The maximum atomic E-state index is 12.2. The van der Waals surface area contributed by atoms with Gasteiger partial charge >= 0.3 is 6.03 Å². The highest BCUT2D eigenvalue weighted by Crippen LogP contribution is 2.21. The Morgan fingerprint density at radius 1 is 1.00 bits per heavy atom. The monoisotopic (exact) mass is 309 g/mol. The number of nitrogens with one attached hydrogen (secondary N) is 2. The minimum Gasteiger partial charge on any atom is -0.320 e. The summed E-state index contributed by atoms with van der Waals surface area (Å²) in [5, 5.41) is 5.18. The number of imide groups is 1. The number of aryl methyl sites for hydroxylation is 1. The Bertz CT molecular complexity index is 766. The van der Waals surface area contributed by atoms with Crippen molar-refractivity contribution in [2.45, 2.75) is 6.92 Å². The van der Waals surface area contributed by atoms with Gasteiger partial charge in [-0.1, -0.05) is 24.3 Å². The van der Waals surface area contributed by atoms with E-state index in [0.717, 1.165) is 10.5 Å². The smallest absolute Gasteiger partial charge is 0.320 e. The third-order valence-electron chi connectivity index (χ3n) is 3.55. The van der Waals surface area contributed by atoms with Gasteiger partial charge in [0.2, 0.25) is 0 Å². The Balaban J connectivity index is 1.62. The van der Waals surface area contributed by atoms with Gasteiger partial charge in [0.25, 0.3) is 11.8 Å². The first-order valence-corrected chi connectivity index (χ1v) is 7.13. The summed E-state index contributed by atoms with van der Waals surface area (Å²) in [6.07, 6.45) is 0. The summed E-state index contributed by atoms with van der Waals surface area (Å²) in [6.45, 7) is 1.74. The number of amides is 4. The number of hydrogen-bond acceptors (Lipinski definition) is 3. The van der Waals surface area contributed by atoms with Crippen LogP contribution in [0.25, 0.3) is 0 Å². The van der Waals surface area contributed by atoms with E-state index in [2.05, 4.69) is 10.6 Å². The average molecular weight is 309 g/mol. The standard InChI is InChI=1S/C17H15N3O3/c1-11-5-4-6-12(9-11)19-17(23)18-10-20-15(21)13-7-2-3-8-14(13)16(20)22/h2-9H,10H2,1H3,(H2,18,19,23). The average Bonchev–Trinajstić information content (AvgIpc) is 2.77. The van der Waals surface area contributed by atoms with Crippen molar-refractivity contribution >= 4 is 23.5 Å². The molecule has 1 aliphatic rings. The molecule has 0 spiro atoms. The van der Waals surface area contributed by atoms with Crippen molar-refractivity contribution in [3.8, 4) is 0 Å². The molecule has 2 aromatic carbocycles. The number of hydrogen-bond donors (Lipinski definition) is 2. The summed E-state index contributed by atoms with van der Waals surface area (Å²) in [4.78, 5) is 37.2. The van der Waals surface area contributed by atoms with Crippen LogP contribution in [0.5, 0.6) is 0 Å². The molecule has 0 radical (unpaired) electrons. The van der Waals surface area contributed by atoms with E-state index in [1.807, 2.05) is 25.1 Å². The van der Waals surface area contributed by atoms with Gasteiger partial charge in [-0.05, 0) is 36.8 Å². The Morgan fingerprint density at radius 3 is 2.26 bits per heavy atom. The predicted molar refractivity (Wildman–Crippen MR) is 85.1 cm³/mol. The number of fused-ring (bicyclic) bond motifs is 1. The number of benzene rings is 2. The molecular weight excluding hydrogens is 294 g/mol. The Morgan fingerprint density at radius 2 is 1.65 bits per heavy atom. The van der Waals surface area contributed by atoms with Crippen LogP contribution in [0, 0.1) is 6.92 Å². The molecule has 6 heteroatoms. The van der Waals surface area contributed by atoms with Crippen LogP contribution in [-0.2, 0) is 0 Å². The van der Waals surface area contributed by atoms with E-state index in [-0.39, 0.29) is 6.67 Å². The van der Waals surface area contributed by atoms with Crippen molar-refractivity contribution in [2.75, 3.05) is 12.0 Å². The maximum Gasteiger partial charge on any atom is 0.320 e. The van der Waals surface area contributed by atoms with Gasteiger partial charge in [-0.15, -0.1) is 0 Å². The van der Waals surface area contributed by atoms with Crippen LogP contribution in [-0.4, -0.2) is 29.4 Å². The molecule has 0 unspecified atom stereocenters. The second-order valence-corrected chi connectivity index (χ2v) is 5.24. The molecule has 0 saturated heterocycles. The van der Waals surface area contributed by atoms with Crippen LogP contribution < -0.4 is 10.6 Å². The molecule has 0 fully saturated rings. The molecule has 0 aliphatic carbocycles. The van der Waals surface area contributed by atoms with Crippen molar-refractivity contribution in [2.24, 2.45) is 0 Å². The van der Waals surface area contributed by atoms with Crippen molar-refractivity contribution in [1.29, 1.82) is 0 Å². The van der Waals surface area contributed by atoms with E-state index in [0.29, 0.717) is 16.8 Å². The van der Waals surface area contributed by atoms with E-state index < -0.39 is 17.8 Å². The number of nitrogens with zero attached hydrogens (tertiary/aromatic N) is 1. The highest BCUT2D eigenvalue weighted by molar-refractivity contribution is 6.21. The molecule has 1 heterocycles. The number of rotatable bonds is 3. The molecule has 6 nitrogen and oxygen atoms in total. The maximum absolute atomic E-state index is 12.2. The summed E-state index contributed by atoms with van der Waals surface area (Å²) >= 11 is 0. The van der Waals surface area contributed by atoms with Gasteiger partial charge in [-0.3, -0.25) is 14.5 Å². The van der Waals surface area contributed by atoms with Crippen LogP contribution in [0.4, 0.5) is 10.5 Å². The minimum absolute atomic E-state index is 0.177. The van der Waals surface area contributed by atoms with E-state index in [1.54, 1.807) is 30.3 Å². The molecular formula is C17H15N3O3. The first-order chi connectivity index (χ1) is 11.1. The van der Waals surface area contributed by atoms with Crippen LogP contribution in [0.15, 0.2) is 48.5 Å². The second kappa shape index (κ2) is 5.92. The van der Waals surface area contributed by atoms with Gasteiger partial charge in [0, 0.05) is 5.69 Å². The highest BCUT2D eigenvalue weighted by atomic mass is 16.2.